The molecule has 0 saturated carbocycles. The summed E-state index contributed by atoms with van der Waals surface area (Å²) in [6.45, 7) is 2.24. The maximum atomic E-state index is 5.92. The Bertz CT molecular complexity index is 337. The molecule has 0 saturated heterocycles. The molecule has 1 aliphatic heterocycles. The smallest absolute Gasteiger partial charge is 0.148 e. The summed E-state index contributed by atoms with van der Waals surface area (Å²) < 4.78 is 5.65. The van der Waals surface area contributed by atoms with E-state index in [4.69, 9.17) is 10.5 Å². The van der Waals surface area contributed by atoms with Crippen LogP contribution in [0.25, 0.3) is 0 Å². The lowest BCUT2D eigenvalue weighted by molar-refractivity contribution is 0.161. The topological polar surface area (TPSA) is 35.2 Å². The minimum absolute atomic E-state index is 0.124. The van der Waals surface area contributed by atoms with Gasteiger partial charge < -0.3 is 4.74 Å². The summed E-state index contributed by atoms with van der Waals surface area (Å²) in [5, 5.41) is 0. The SMILES string of the molecule is CCCCCC1CC(N)Oc2ccccc21. The Morgan fingerprint density at radius 1 is 1.31 bits per heavy atom. The maximum absolute atomic E-state index is 5.92. The largest absolute Gasteiger partial charge is 0.475 e. The quantitative estimate of drug-likeness (QED) is 0.787. The number of rotatable bonds is 4. The van der Waals surface area contributed by atoms with E-state index in [0.717, 1.165) is 12.2 Å². The highest BCUT2D eigenvalue weighted by molar-refractivity contribution is 5.38. The van der Waals surface area contributed by atoms with E-state index >= 15 is 0 Å². The summed E-state index contributed by atoms with van der Waals surface area (Å²) in [6.07, 6.45) is 5.96. The lowest BCUT2D eigenvalue weighted by Crippen LogP contribution is -2.33. The van der Waals surface area contributed by atoms with Gasteiger partial charge in [0, 0.05) is 6.42 Å². The lowest BCUT2D eigenvalue weighted by Gasteiger charge is -2.30. The van der Waals surface area contributed by atoms with Crippen molar-refractivity contribution in [2.75, 3.05) is 0 Å². The van der Waals surface area contributed by atoms with E-state index in [1.54, 1.807) is 0 Å². The summed E-state index contributed by atoms with van der Waals surface area (Å²) in [5.41, 5.74) is 7.27. The molecule has 1 heterocycles. The van der Waals surface area contributed by atoms with Gasteiger partial charge in [0.2, 0.25) is 0 Å². The monoisotopic (exact) mass is 219 g/mol. The second-order valence-corrected chi connectivity index (χ2v) is 4.62. The van der Waals surface area contributed by atoms with Gasteiger partial charge >= 0.3 is 0 Å². The molecule has 2 N–H and O–H groups in total. The van der Waals surface area contributed by atoms with Gasteiger partial charge in [-0.15, -0.1) is 0 Å². The van der Waals surface area contributed by atoms with E-state index in [9.17, 15) is 0 Å². The van der Waals surface area contributed by atoms with Crippen molar-refractivity contribution in [3.05, 3.63) is 29.8 Å². The van der Waals surface area contributed by atoms with Gasteiger partial charge in [-0.1, -0.05) is 44.4 Å². The Balaban J connectivity index is 2.07. The zero-order chi connectivity index (χ0) is 11.4. The van der Waals surface area contributed by atoms with Crippen LogP contribution >= 0.6 is 0 Å². The molecule has 88 valence electrons. The predicted octanol–water partition coefficient (Wildman–Crippen LogP) is 3.42. The second-order valence-electron chi connectivity index (χ2n) is 4.62. The Morgan fingerprint density at radius 2 is 2.12 bits per heavy atom. The van der Waals surface area contributed by atoms with Gasteiger partial charge in [0.05, 0.1) is 0 Å². The predicted molar refractivity (Wildman–Crippen MR) is 66.5 cm³/mol. The molecule has 2 rings (SSSR count). The number of benzene rings is 1. The standard InChI is InChI=1S/C14H21NO/c1-2-3-4-7-11-10-14(15)16-13-9-6-5-8-12(11)13/h5-6,8-9,11,14H,2-4,7,10,15H2,1H3. The summed E-state index contributed by atoms with van der Waals surface area (Å²) in [5.74, 6) is 1.58. The fraction of sp³-hybridized carbons (Fsp3) is 0.571. The highest BCUT2D eigenvalue weighted by Gasteiger charge is 2.25. The molecule has 1 aliphatic rings. The van der Waals surface area contributed by atoms with Crippen LogP contribution in [0.3, 0.4) is 0 Å². The van der Waals surface area contributed by atoms with E-state index in [0.29, 0.717) is 5.92 Å². The molecular weight excluding hydrogens is 198 g/mol. The summed E-state index contributed by atoms with van der Waals surface area (Å²) in [7, 11) is 0. The molecule has 1 aromatic carbocycles. The molecular formula is C14H21NO. The van der Waals surface area contributed by atoms with Gasteiger partial charge in [-0.3, -0.25) is 5.73 Å². The van der Waals surface area contributed by atoms with Gasteiger partial charge in [-0.2, -0.15) is 0 Å². The number of hydrogen-bond donors (Lipinski definition) is 1. The highest BCUT2D eigenvalue weighted by Crippen LogP contribution is 2.37. The van der Waals surface area contributed by atoms with E-state index in [1.807, 2.05) is 12.1 Å². The van der Waals surface area contributed by atoms with Gasteiger partial charge in [0.1, 0.15) is 12.0 Å². The second kappa shape index (κ2) is 5.35. The molecule has 2 atom stereocenters. The molecule has 0 aromatic heterocycles. The zero-order valence-corrected chi connectivity index (χ0v) is 9.99. The first-order chi connectivity index (χ1) is 7.81. The average molecular weight is 219 g/mol. The van der Waals surface area contributed by atoms with Crippen molar-refractivity contribution in [1.29, 1.82) is 0 Å². The van der Waals surface area contributed by atoms with Crippen LogP contribution in [0.2, 0.25) is 0 Å². The molecule has 0 aliphatic carbocycles. The third-order valence-electron chi connectivity index (χ3n) is 3.31. The van der Waals surface area contributed by atoms with E-state index in [-0.39, 0.29) is 6.23 Å². The Hall–Kier alpha value is -1.02. The van der Waals surface area contributed by atoms with Crippen molar-refractivity contribution in [2.45, 2.75) is 51.2 Å². The minimum atomic E-state index is -0.124. The van der Waals surface area contributed by atoms with Crippen LogP contribution in [0, 0.1) is 0 Å². The fourth-order valence-electron chi connectivity index (χ4n) is 2.46. The first kappa shape index (κ1) is 11.5. The number of ether oxygens (including phenoxy) is 1. The van der Waals surface area contributed by atoms with Crippen molar-refractivity contribution < 1.29 is 4.74 Å². The molecule has 0 spiro atoms. The normalized spacial score (nSPS) is 23.6. The van der Waals surface area contributed by atoms with Crippen LogP contribution < -0.4 is 10.5 Å². The Kier molecular flexibility index (Phi) is 3.83. The van der Waals surface area contributed by atoms with Crippen molar-refractivity contribution >= 4 is 0 Å². The minimum Gasteiger partial charge on any atom is -0.475 e. The molecule has 0 radical (unpaired) electrons. The molecule has 0 bridgehead atoms. The zero-order valence-electron chi connectivity index (χ0n) is 9.99. The summed E-state index contributed by atoms with van der Waals surface area (Å²) in [6, 6.07) is 8.31. The number of para-hydroxylation sites is 1. The molecule has 2 nitrogen and oxygen atoms in total. The van der Waals surface area contributed by atoms with Crippen molar-refractivity contribution in [1.82, 2.24) is 0 Å². The number of unbranched alkanes of at least 4 members (excludes halogenated alkanes) is 2. The first-order valence-electron chi connectivity index (χ1n) is 6.32. The third kappa shape index (κ3) is 2.56. The molecule has 0 amide bonds. The van der Waals surface area contributed by atoms with Gasteiger partial charge in [0.25, 0.3) is 0 Å². The van der Waals surface area contributed by atoms with Crippen molar-refractivity contribution in [3.8, 4) is 5.75 Å². The Morgan fingerprint density at radius 3 is 2.94 bits per heavy atom. The van der Waals surface area contributed by atoms with Gasteiger partial charge in [0.15, 0.2) is 0 Å². The lowest BCUT2D eigenvalue weighted by atomic mass is 9.87. The van der Waals surface area contributed by atoms with E-state index in [1.165, 1.54) is 31.2 Å². The number of nitrogens with two attached hydrogens (primary N) is 1. The summed E-state index contributed by atoms with van der Waals surface area (Å²) in [4.78, 5) is 0. The molecule has 0 fully saturated rings. The van der Waals surface area contributed by atoms with Crippen LogP contribution in [0.5, 0.6) is 5.75 Å². The number of hydrogen-bond acceptors (Lipinski definition) is 2. The van der Waals surface area contributed by atoms with Crippen LogP contribution in [0.15, 0.2) is 24.3 Å². The van der Waals surface area contributed by atoms with Crippen molar-refractivity contribution in [3.63, 3.8) is 0 Å². The highest BCUT2D eigenvalue weighted by atomic mass is 16.5. The number of fused-ring (bicyclic) bond motifs is 1. The van der Waals surface area contributed by atoms with Gasteiger partial charge in [-0.25, -0.2) is 0 Å². The summed E-state index contributed by atoms with van der Waals surface area (Å²) >= 11 is 0. The molecule has 2 unspecified atom stereocenters. The van der Waals surface area contributed by atoms with Crippen LogP contribution in [-0.2, 0) is 0 Å². The van der Waals surface area contributed by atoms with Crippen LogP contribution in [0.1, 0.15) is 50.5 Å². The third-order valence-corrected chi connectivity index (χ3v) is 3.31. The average Bonchev–Trinajstić information content (AvgIpc) is 2.29. The molecule has 16 heavy (non-hydrogen) atoms. The Labute approximate surface area is 97.8 Å². The molecule has 1 aromatic rings. The fourth-order valence-corrected chi connectivity index (χ4v) is 2.46. The van der Waals surface area contributed by atoms with E-state index < -0.39 is 0 Å². The van der Waals surface area contributed by atoms with Crippen LogP contribution in [0.4, 0.5) is 0 Å². The van der Waals surface area contributed by atoms with Gasteiger partial charge in [-0.05, 0) is 24.0 Å². The maximum Gasteiger partial charge on any atom is 0.148 e. The van der Waals surface area contributed by atoms with Crippen molar-refractivity contribution in [2.24, 2.45) is 5.73 Å². The molecule has 2 heteroatoms. The van der Waals surface area contributed by atoms with Crippen LogP contribution in [-0.4, -0.2) is 6.23 Å². The first-order valence-corrected chi connectivity index (χ1v) is 6.32. The van der Waals surface area contributed by atoms with E-state index in [2.05, 4.69) is 19.1 Å².